The maximum atomic E-state index is 14.2. The molecule has 11 heteroatoms. The van der Waals surface area contributed by atoms with E-state index in [-0.39, 0.29) is 30.6 Å². The van der Waals surface area contributed by atoms with Gasteiger partial charge in [0.1, 0.15) is 17.2 Å². The van der Waals surface area contributed by atoms with Crippen LogP contribution in [0.15, 0.2) is 42.6 Å². The van der Waals surface area contributed by atoms with E-state index in [4.69, 9.17) is 10.5 Å². The lowest BCUT2D eigenvalue weighted by atomic mass is 10.2. The van der Waals surface area contributed by atoms with Crippen LogP contribution < -0.4 is 16.0 Å². The summed E-state index contributed by atoms with van der Waals surface area (Å²) in [5.74, 6) is 0.486. The minimum absolute atomic E-state index is 0.121. The van der Waals surface area contributed by atoms with E-state index in [1.165, 1.54) is 11.0 Å². The summed E-state index contributed by atoms with van der Waals surface area (Å²) >= 11 is 0. The van der Waals surface area contributed by atoms with Crippen molar-refractivity contribution in [3.63, 3.8) is 0 Å². The lowest BCUT2D eigenvalue weighted by Crippen LogP contribution is -2.40. The summed E-state index contributed by atoms with van der Waals surface area (Å²) in [6.45, 7) is 3.03. The predicted molar refractivity (Wildman–Crippen MR) is 121 cm³/mol. The fourth-order valence-corrected chi connectivity index (χ4v) is 3.82. The maximum absolute atomic E-state index is 14.2. The van der Waals surface area contributed by atoms with E-state index in [9.17, 15) is 9.18 Å². The van der Waals surface area contributed by atoms with Crippen molar-refractivity contribution in [3.05, 3.63) is 54.0 Å². The second kappa shape index (κ2) is 8.34. The number of hydrogen-bond acceptors (Lipinski definition) is 8. The molecule has 0 unspecified atom stereocenters. The summed E-state index contributed by atoms with van der Waals surface area (Å²) < 4.78 is 21.0. The van der Waals surface area contributed by atoms with Crippen molar-refractivity contribution in [1.82, 2.24) is 24.7 Å². The van der Waals surface area contributed by atoms with Gasteiger partial charge in [0.15, 0.2) is 23.1 Å². The Morgan fingerprint density at radius 1 is 1.24 bits per heavy atom. The van der Waals surface area contributed by atoms with Gasteiger partial charge in [-0.1, -0.05) is 18.2 Å². The molecule has 33 heavy (non-hydrogen) atoms. The van der Waals surface area contributed by atoms with Crippen LogP contribution in [0.3, 0.4) is 0 Å². The van der Waals surface area contributed by atoms with E-state index >= 15 is 0 Å². The number of amides is 1. The van der Waals surface area contributed by atoms with Crippen LogP contribution in [0.1, 0.15) is 12.5 Å². The van der Waals surface area contributed by atoms with Crippen LogP contribution in [0.2, 0.25) is 0 Å². The van der Waals surface area contributed by atoms with Crippen molar-refractivity contribution in [2.45, 2.75) is 13.5 Å². The van der Waals surface area contributed by atoms with Crippen molar-refractivity contribution in [3.8, 4) is 11.5 Å². The van der Waals surface area contributed by atoms with Crippen molar-refractivity contribution >= 4 is 34.4 Å². The quantitative estimate of drug-likeness (QED) is 0.488. The van der Waals surface area contributed by atoms with Crippen LogP contribution in [-0.2, 0) is 11.3 Å². The topological polar surface area (TPSA) is 124 Å². The number of nitrogen functional groups attached to an aromatic ring is 1. The third kappa shape index (κ3) is 3.67. The minimum atomic E-state index is -0.507. The molecule has 4 heterocycles. The molecule has 0 saturated carbocycles. The van der Waals surface area contributed by atoms with E-state index in [2.05, 4.69) is 25.4 Å². The van der Waals surface area contributed by atoms with Crippen molar-refractivity contribution in [2.24, 2.45) is 0 Å². The van der Waals surface area contributed by atoms with E-state index < -0.39 is 6.09 Å². The molecule has 1 aromatic carbocycles. The number of rotatable bonds is 4. The summed E-state index contributed by atoms with van der Waals surface area (Å²) in [7, 11) is 0. The molecule has 1 amide bonds. The zero-order valence-corrected chi connectivity index (χ0v) is 17.8. The average molecular weight is 448 g/mol. The Kier molecular flexibility index (Phi) is 5.21. The lowest BCUT2D eigenvalue weighted by molar-refractivity contribution is 0.160. The minimum Gasteiger partial charge on any atom is -0.449 e. The van der Waals surface area contributed by atoms with E-state index in [0.717, 1.165) is 0 Å². The highest BCUT2D eigenvalue weighted by molar-refractivity contribution is 5.97. The molecule has 1 aliphatic rings. The number of fused-ring (bicyclic) bond motifs is 2. The van der Waals surface area contributed by atoms with Gasteiger partial charge in [0.05, 0.1) is 18.5 Å². The molecule has 168 valence electrons. The molecule has 1 aliphatic heterocycles. The Morgan fingerprint density at radius 3 is 2.91 bits per heavy atom. The molecule has 0 aliphatic carbocycles. The Morgan fingerprint density at radius 2 is 2.09 bits per heavy atom. The summed E-state index contributed by atoms with van der Waals surface area (Å²) in [5.41, 5.74) is 8.14. The zero-order chi connectivity index (χ0) is 22.9. The molecule has 5 rings (SSSR count). The molecule has 3 aromatic heterocycles. The SMILES string of the molecule is CCOC(=O)N1CCNc2nc(-c3nn(Cc4ccccc4F)c4ncccc34)nc(N)c21. The average Bonchev–Trinajstić information content (AvgIpc) is 3.19. The normalized spacial score (nSPS) is 13.0. The smallest absolute Gasteiger partial charge is 0.414 e. The van der Waals surface area contributed by atoms with Crippen LogP contribution in [0.25, 0.3) is 22.6 Å². The lowest BCUT2D eigenvalue weighted by Gasteiger charge is -2.29. The van der Waals surface area contributed by atoms with Crippen LogP contribution in [-0.4, -0.2) is 50.5 Å². The van der Waals surface area contributed by atoms with Gasteiger partial charge < -0.3 is 15.8 Å². The largest absolute Gasteiger partial charge is 0.449 e. The van der Waals surface area contributed by atoms with Crippen LogP contribution in [0.4, 0.5) is 26.5 Å². The Bertz CT molecular complexity index is 1360. The van der Waals surface area contributed by atoms with Gasteiger partial charge in [-0.05, 0) is 25.1 Å². The van der Waals surface area contributed by atoms with Gasteiger partial charge in [-0.2, -0.15) is 5.10 Å². The molecule has 0 spiro atoms. The Labute approximate surface area is 188 Å². The van der Waals surface area contributed by atoms with Crippen molar-refractivity contribution in [2.75, 3.05) is 35.6 Å². The number of aromatic nitrogens is 5. The first-order valence-electron chi connectivity index (χ1n) is 10.5. The Hall–Kier alpha value is -4.28. The number of pyridine rings is 1. The number of benzene rings is 1. The number of halogens is 1. The highest BCUT2D eigenvalue weighted by atomic mass is 19.1. The fourth-order valence-electron chi connectivity index (χ4n) is 3.82. The highest BCUT2D eigenvalue weighted by Crippen LogP contribution is 2.36. The molecular formula is C22H21FN8O2. The molecule has 0 atom stereocenters. The number of anilines is 3. The monoisotopic (exact) mass is 448 g/mol. The van der Waals surface area contributed by atoms with Gasteiger partial charge in [-0.15, -0.1) is 0 Å². The van der Waals surface area contributed by atoms with Crippen molar-refractivity contribution < 1.29 is 13.9 Å². The first kappa shape index (κ1) is 20.6. The van der Waals surface area contributed by atoms with Gasteiger partial charge in [-0.25, -0.2) is 28.8 Å². The number of ether oxygens (including phenoxy) is 1. The van der Waals surface area contributed by atoms with Gasteiger partial charge in [-0.3, -0.25) is 4.90 Å². The van der Waals surface area contributed by atoms with Crippen LogP contribution in [0, 0.1) is 5.82 Å². The molecule has 10 nitrogen and oxygen atoms in total. The van der Waals surface area contributed by atoms with Gasteiger partial charge in [0.2, 0.25) is 0 Å². The second-order valence-electron chi connectivity index (χ2n) is 7.38. The number of carbonyl (C=O) groups is 1. The maximum Gasteiger partial charge on any atom is 0.414 e. The number of nitrogens with one attached hydrogen (secondary N) is 1. The number of nitrogens with two attached hydrogens (primary N) is 1. The standard InChI is InChI=1S/C22H21FN8O2/c1-2-33-22(32)30-11-10-25-20-17(30)18(24)27-19(28-20)16-14-7-5-9-26-21(14)31(29-16)12-13-6-3-4-8-15(13)23/h3-9H,2,10-12H2,1H3,(H3,24,25,27,28). The van der Waals surface area contributed by atoms with Crippen LogP contribution in [0.5, 0.6) is 0 Å². The van der Waals surface area contributed by atoms with Gasteiger partial charge in [0, 0.05) is 24.8 Å². The summed E-state index contributed by atoms with van der Waals surface area (Å²) in [6.07, 6.45) is 1.14. The number of carbonyl (C=O) groups excluding carboxylic acids is 1. The molecule has 0 bridgehead atoms. The zero-order valence-electron chi connectivity index (χ0n) is 17.8. The number of hydrogen-bond donors (Lipinski definition) is 2. The summed E-state index contributed by atoms with van der Waals surface area (Å²) in [6, 6.07) is 10.1. The highest BCUT2D eigenvalue weighted by Gasteiger charge is 2.29. The molecule has 0 fully saturated rings. The first-order valence-corrected chi connectivity index (χ1v) is 10.5. The predicted octanol–water partition coefficient (Wildman–Crippen LogP) is 3.05. The second-order valence-corrected chi connectivity index (χ2v) is 7.38. The van der Waals surface area contributed by atoms with E-state index in [1.807, 2.05) is 6.07 Å². The van der Waals surface area contributed by atoms with E-state index in [0.29, 0.717) is 46.9 Å². The molecule has 0 saturated heterocycles. The molecular weight excluding hydrogens is 427 g/mol. The van der Waals surface area contributed by atoms with E-state index in [1.54, 1.807) is 42.1 Å². The molecule has 4 aromatic rings. The van der Waals surface area contributed by atoms with Crippen LogP contribution >= 0.6 is 0 Å². The fraction of sp³-hybridized carbons (Fsp3) is 0.227. The van der Waals surface area contributed by atoms with Gasteiger partial charge >= 0.3 is 6.09 Å². The summed E-state index contributed by atoms with van der Waals surface area (Å²) in [4.78, 5) is 27.2. The third-order valence-electron chi connectivity index (χ3n) is 5.29. The summed E-state index contributed by atoms with van der Waals surface area (Å²) in [5, 5.41) is 8.51. The number of nitrogens with zero attached hydrogens (tertiary/aromatic N) is 6. The molecule has 0 radical (unpaired) electrons. The Balaban J connectivity index is 1.60. The van der Waals surface area contributed by atoms with Gasteiger partial charge in [0.25, 0.3) is 0 Å². The molecule has 3 N–H and O–H groups in total. The third-order valence-corrected chi connectivity index (χ3v) is 5.29. The first-order chi connectivity index (χ1) is 16.1. The van der Waals surface area contributed by atoms with Crippen molar-refractivity contribution in [1.29, 1.82) is 0 Å².